The molecule has 1 heterocycles. The number of amides is 1. The van der Waals surface area contributed by atoms with Crippen LogP contribution in [0.3, 0.4) is 0 Å². The molecule has 1 amide bonds. The molecule has 1 atom stereocenters. The lowest BCUT2D eigenvalue weighted by molar-refractivity contribution is 0.0892. The van der Waals surface area contributed by atoms with Crippen molar-refractivity contribution in [3.8, 4) is 0 Å². The lowest BCUT2D eigenvalue weighted by Gasteiger charge is -2.37. The Labute approximate surface area is 124 Å². The molecule has 0 radical (unpaired) electrons. The third-order valence-electron chi connectivity index (χ3n) is 4.28. The Balaban J connectivity index is 1.86. The number of carbonyl (C=O) groups excluding carboxylic acids is 1. The molecule has 1 unspecified atom stereocenters. The molecule has 110 valence electrons. The van der Waals surface area contributed by atoms with Crippen molar-refractivity contribution in [1.82, 2.24) is 10.5 Å². The van der Waals surface area contributed by atoms with E-state index in [-0.39, 0.29) is 23.1 Å². The second-order valence-electron chi connectivity index (χ2n) is 6.37. The Kier molecular flexibility index (Phi) is 3.32. The minimum atomic E-state index is -0.199. The summed E-state index contributed by atoms with van der Waals surface area (Å²) in [6.07, 6.45) is 1.98. The maximum Gasteiger partial charge on any atom is 0.290 e. The van der Waals surface area contributed by atoms with Gasteiger partial charge in [0.25, 0.3) is 5.91 Å². The molecular formula is C17H20N2O2. The second kappa shape index (κ2) is 5.02. The van der Waals surface area contributed by atoms with Gasteiger partial charge in [0, 0.05) is 6.07 Å². The van der Waals surface area contributed by atoms with Crippen LogP contribution in [0.4, 0.5) is 0 Å². The summed E-state index contributed by atoms with van der Waals surface area (Å²) in [5.74, 6) is 0.0740. The number of nitrogens with one attached hydrogen (secondary N) is 1. The van der Waals surface area contributed by atoms with Crippen molar-refractivity contribution in [2.45, 2.75) is 45.1 Å². The molecule has 4 heteroatoms. The molecular weight excluding hydrogens is 264 g/mol. The Morgan fingerprint density at radius 1 is 1.38 bits per heavy atom. The molecule has 0 spiro atoms. The first-order valence-corrected chi connectivity index (χ1v) is 7.31. The van der Waals surface area contributed by atoms with Crippen LogP contribution in [0.15, 0.2) is 34.9 Å². The van der Waals surface area contributed by atoms with Gasteiger partial charge in [-0.1, -0.05) is 43.3 Å². The predicted molar refractivity (Wildman–Crippen MR) is 80.1 cm³/mol. The monoisotopic (exact) mass is 284 g/mol. The van der Waals surface area contributed by atoms with Crippen molar-refractivity contribution in [2.24, 2.45) is 0 Å². The van der Waals surface area contributed by atoms with Crippen molar-refractivity contribution >= 4 is 5.91 Å². The summed E-state index contributed by atoms with van der Waals surface area (Å²) in [5, 5.41) is 6.83. The highest BCUT2D eigenvalue weighted by Crippen LogP contribution is 2.41. The number of hydrogen-bond acceptors (Lipinski definition) is 3. The van der Waals surface area contributed by atoms with E-state index >= 15 is 0 Å². The van der Waals surface area contributed by atoms with E-state index in [9.17, 15) is 4.79 Å². The number of hydrogen-bond donors (Lipinski definition) is 1. The maximum absolute atomic E-state index is 12.3. The van der Waals surface area contributed by atoms with Crippen LogP contribution >= 0.6 is 0 Å². The van der Waals surface area contributed by atoms with Crippen LogP contribution < -0.4 is 5.32 Å². The molecule has 2 aromatic rings. The average molecular weight is 284 g/mol. The number of benzene rings is 1. The molecule has 1 aliphatic rings. The zero-order valence-corrected chi connectivity index (χ0v) is 12.6. The van der Waals surface area contributed by atoms with E-state index in [2.05, 4.69) is 42.5 Å². The summed E-state index contributed by atoms with van der Waals surface area (Å²) >= 11 is 0. The van der Waals surface area contributed by atoms with Crippen LogP contribution in [0.2, 0.25) is 0 Å². The van der Waals surface area contributed by atoms with E-state index in [1.807, 2.05) is 6.07 Å². The fourth-order valence-corrected chi connectivity index (χ4v) is 3.06. The first-order valence-electron chi connectivity index (χ1n) is 7.31. The SMILES string of the molecule is Cc1cc(C(=O)NC2CCC(C)(C)c3ccccc32)on1. The lowest BCUT2D eigenvalue weighted by atomic mass is 9.71. The van der Waals surface area contributed by atoms with Crippen molar-refractivity contribution < 1.29 is 9.32 Å². The number of rotatable bonds is 2. The van der Waals surface area contributed by atoms with Crippen molar-refractivity contribution in [1.29, 1.82) is 0 Å². The van der Waals surface area contributed by atoms with Gasteiger partial charge in [-0.3, -0.25) is 4.79 Å². The van der Waals surface area contributed by atoms with Gasteiger partial charge >= 0.3 is 0 Å². The minimum absolute atomic E-state index is 0.0344. The molecule has 1 aromatic heterocycles. The molecule has 21 heavy (non-hydrogen) atoms. The van der Waals surface area contributed by atoms with E-state index < -0.39 is 0 Å². The van der Waals surface area contributed by atoms with Crippen LogP contribution in [0, 0.1) is 6.92 Å². The standard InChI is InChI=1S/C17H20N2O2/c1-11-10-15(21-19-11)16(20)18-14-8-9-17(2,3)13-7-5-4-6-12(13)14/h4-7,10,14H,8-9H2,1-3H3,(H,18,20). The lowest BCUT2D eigenvalue weighted by Crippen LogP contribution is -2.35. The average Bonchev–Trinajstić information content (AvgIpc) is 2.89. The third kappa shape index (κ3) is 2.58. The molecule has 1 aliphatic carbocycles. The summed E-state index contributed by atoms with van der Waals surface area (Å²) < 4.78 is 5.03. The minimum Gasteiger partial charge on any atom is -0.351 e. The largest absolute Gasteiger partial charge is 0.351 e. The van der Waals surface area contributed by atoms with Gasteiger partial charge < -0.3 is 9.84 Å². The number of aromatic nitrogens is 1. The fraction of sp³-hybridized carbons (Fsp3) is 0.412. The maximum atomic E-state index is 12.3. The number of fused-ring (bicyclic) bond motifs is 1. The third-order valence-corrected chi connectivity index (χ3v) is 4.28. The normalized spacial score (nSPS) is 19.9. The molecule has 0 saturated heterocycles. The highest BCUT2D eigenvalue weighted by atomic mass is 16.5. The molecule has 0 fully saturated rings. The summed E-state index contributed by atoms with van der Waals surface area (Å²) in [7, 11) is 0. The van der Waals surface area contributed by atoms with E-state index in [0.717, 1.165) is 12.8 Å². The van der Waals surface area contributed by atoms with Gasteiger partial charge in [0.1, 0.15) is 0 Å². The van der Waals surface area contributed by atoms with Crippen LogP contribution in [-0.4, -0.2) is 11.1 Å². The molecule has 1 N–H and O–H groups in total. The van der Waals surface area contributed by atoms with Gasteiger partial charge in [-0.05, 0) is 36.3 Å². The highest BCUT2D eigenvalue weighted by molar-refractivity contribution is 5.91. The van der Waals surface area contributed by atoms with Crippen LogP contribution in [0.25, 0.3) is 0 Å². The number of aryl methyl sites for hydroxylation is 1. The second-order valence-corrected chi connectivity index (χ2v) is 6.37. The highest BCUT2D eigenvalue weighted by Gasteiger charge is 2.33. The van der Waals surface area contributed by atoms with Gasteiger partial charge in [0.2, 0.25) is 5.76 Å². The number of nitrogens with zero attached hydrogens (tertiary/aromatic N) is 1. The van der Waals surface area contributed by atoms with Crippen LogP contribution in [0.1, 0.15) is 60.1 Å². The Bertz CT molecular complexity index is 673. The summed E-state index contributed by atoms with van der Waals surface area (Å²) in [6.45, 7) is 6.31. The van der Waals surface area contributed by atoms with Gasteiger partial charge in [0.05, 0.1) is 11.7 Å². The van der Waals surface area contributed by atoms with E-state index in [0.29, 0.717) is 5.69 Å². The molecule has 4 nitrogen and oxygen atoms in total. The van der Waals surface area contributed by atoms with Gasteiger partial charge in [0.15, 0.2) is 0 Å². The van der Waals surface area contributed by atoms with Gasteiger partial charge in [-0.25, -0.2) is 0 Å². The fourth-order valence-electron chi connectivity index (χ4n) is 3.06. The van der Waals surface area contributed by atoms with Gasteiger partial charge in [-0.2, -0.15) is 0 Å². The van der Waals surface area contributed by atoms with E-state index in [1.165, 1.54) is 11.1 Å². The van der Waals surface area contributed by atoms with E-state index in [4.69, 9.17) is 4.52 Å². The zero-order valence-electron chi connectivity index (χ0n) is 12.6. The molecule has 0 aliphatic heterocycles. The quantitative estimate of drug-likeness (QED) is 0.918. The predicted octanol–water partition coefficient (Wildman–Crippen LogP) is 3.53. The topological polar surface area (TPSA) is 55.1 Å². The molecule has 0 saturated carbocycles. The van der Waals surface area contributed by atoms with Crippen molar-refractivity contribution in [2.75, 3.05) is 0 Å². The van der Waals surface area contributed by atoms with Crippen LogP contribution in [0.5, 0.6) is 0 Å². The zero-order chi connectivity index (χ0) is 15.0. The summed E-state index contributed by atoms with van der Waals surface area (Å²) in [6, 6.07) is 10.0. The van der Waals surface area contributed by atoms with Crippen LogP contribution in [-0.2, 0) is 5.41 Å². The van der Waals surface area contributed by atoms with Gasteiger partial charge in [-0.15, -0.1) is 0 Å². The summed E-state index contributed by atoms with van der Waals surface area (Å²) in [5.41, 5.74) is 3.39. The Morgan fingerprint density at radius 3 is 2.86 bits per heavy atom. The number of carbonyl (C=O) groups is 1. The molecule has 0 bridgehead atoms. The first kappa shape index (κ1) is 13.9. The van der Waals surface area contributed by atoms with Crippen molar-refractivity contribution in [3.63, 3.8) is 0 Å². The Morgan fingerprint density at radius 2 is 2.14 bits per heavy atom. The first-order chi connectivity index (χ1) is 9.97. The summed E-state index contributed by atoms with van der Waals surface area (Å²) in [4.78, 5) is 12.3. The van der Waals surface area contributed by atoms with Crippen molar-refractivity contribution in [3.05, 3.63) is 52.9 Å². The van der Waals surface area contributed by atoms with E-state index in [1.54, 1.807) is 13.0 Å². The molecule has 1 aromatic carbocycles. The molecule has 3 rings (SSSR count). The Hall–Kier alpha value is -2.10. The smallest absolute Gasteiger partial charge is 0.290 e.